The van der Waals surface area contributed by atoms with Crippen LogP contribution < -0.4 is 22.3 Å². The molecule has 7 heteroatoms. The summed E-state index contributed by atoms with van der Waals surface area (Å²) in [5, 5.41) is 2.94. The first-order valence-corrected chi connectivity index (χ1v) is 9.92. The summed E-state index contributed by atoms with van der Waals surface area (Å²) in [4.78, 5) is 37.4. The van der Waals surface area contributed by atoms with Gasteiger partial charge in [-0.25, -0.2) is 4.79 Å². The minimum absolute atomic E-state index is 0.112. The number of nitrogens with two attached hydrogens (primary N) is 1. The average molecular weight is 384 g/mol. The average Bonchev–Trinajstić information content (AvgIpc) is 2.73. The van der Waals surface area contributed by atoms with Gasteiger partial charge in [0.2, 0.25) is 5.91 Å². The van der Waals surface area contributed by atoms with Gasteiger partial charge in [-0.1, -0.05) is 49.6 Å². The summed E-state index contributed by atoms with van der Waals surface area (Å²) in [6.45, 7) is 0.407. The van der Waals surface area contributed by atoms with Crippen LogP contribution in [0.15, 0.2) is 52.2 Å². The Morgan fingerprint density at radius 1 is 1.11 bits per heavy atom. The second-order valence-corrected chi connectivity index (χ2v) is 7.44. The number of hydrogen-bond donors (Lipinski definition) is 2. The Kier molecular flexibility index (Phi) is 6.81. The molecule has 28 heavy (non-hydrogen) atoms. The predicted octanol–water partition coefficient (Wildman–Crippen LogP) is 1.08. The molecule has 1 unspecified atom stereocenters. The highest BCUT2D eigenvalue weighted by atomic mass is 16.2. The number of nitrogens with zero attached hydrogens (tertiary/aromatic N) is 2. The van der Waals surface area contributed by atoms with E-state index < -0.39 is 11.2 Å². The monoisotopic (exact) mass is 384 g/mol. The first-order valence-electron chi connectivity index (χ1n) is 9.92. The summed E-state index contributed by atoms with van der Waals surface area (Å²) in [5.41, 5.74) is 5.84. The molecule has 3 rings (SSSR count). The zero-order valence-corrected chi connectivity index (χ0v) is 16.0. The van der Waals surface area contributed by atoms with Gasteiger partial charge in [0.15, 0.2) is 0 Å². The van der Waals surface area contributed by atoms with Gasteiger partial charge in [0.05, 0.1) is 6.54 Å². The van der Waals surface area contributed by atoms with Crippen molar-refractivity contribution in [1.29, 1.82) is 0 Å². The van der Waals surface area contributed by atoms with Crippen LogP contribution in [-0.4, -0.2) is 27.6 Å². The summed E-state index contributed by atoms with van der Waals surface area (Å²) in [5.74, 6) is 0.0163. The number of amides is 1. The number of aromatic nitrogens is 2. The van der Waals surface area contributed by atoms with Crippen LogP contribution in [0.3, 0.4) is 0 Å². The first kappa shape index (κ1) is 20.1. The Labute approximate surface area is 164 Å². The van der Waals surface area contributed by atoms with Crippen molar-refractivity contribution in [2.24, 2.45) is 11.7 Å². The standard InChI is InChI=1S/C21H28N4O3/c22-13-18(17-9-5-2-6-10-17)23-19(26)15-25-20(27)11-12-24(21(25)28)14-16-7-3-1-4-8-16/h1,3-4,7-8,11-12,17-18H,2,5-6,9-10,13-15,22H2,(H,23,26). The molecular formula is C21H28N4O3. The van der Waals surface area contributed by atoms with E-state index >= 15 is 0 Å². The molecule has 7 nitrogen and oxygen atoms in total. The van der Waals surface area contributed by atoms with Crippen molar-refractivity contribution < 1.29 is 4.79 Å². The molecule has 1 aliphatic rings. The van der Waals surface area contributed by atoms with E-state index in [1.54, 1.807) is 0 Å². The Hall–Kier alpha value is -2.67. The zero-order valence-electron chi connectivity index (χ0n) is 16.0. The van der Waals surface area contributed by atoms with Gasteiger partial charge in [-0.2, -0.15) is 0 Å². The molecule has 0 radical (unpaired) electrons. The lowest BCUT2D eigenvalue weighted by molar-refractivity contribution is -0.122. The van der Waals surface area contributed by atoms with Crippen molar-refractivity contribution in [3.8, 4) is 0 Å². The van der Waals surface area contributed by atoms with Gasteiger partial charge in [0.25, 0.3) is 5.56 Å². The molecule has 1 fully saturated rings. The number of nitrogens with one attached hydrogen (secondary N) is 1. The molecule has 0 bridgehead atoms. The van der Waals surface area contributed by atoms with Crippen LogP contribution in [0, 0.1) is 5.92 Å². The first-order chi connectivity index (χ1) is 13.6. The fraction of sp³-hybridized carbons (Fsp3) is 0.476. The minimum atomic E-state index is -0.492. The molecule has 0 saturated heterocycles. The van der Waals surface area contributed by atoms with Crippen LogP contribution in [0.1, 0.15) is 37.7 Å². The van der Waals surface area contributed by atoms with Crippen molar-refractivity contribution in [2.75, 3.05) is 6.54 Å². The van der Waals surface area contributed by atoms with E-state index in [2.05, 4.69) is 5.32 Å². The lowest BCUT2D eigenvalue weighted by Crippen LogP contribution is -2.49. The third-order valence-corrected chi connectivity index (χ3v) is 5.46. The van der Waals surface area contributed by atoms with E-state index in [1.165, 1.54) is 23.3 Å². The predicted molar refractivity (Wildman–Crippen MR) is 108 cm³/mol. The topological polar surface area (TPSA) is 99.1 Å². The van der Waals surface area contributed by atoms with Crippen LogP contribution in [0.25, 0.3) is 0 Å². The molecule has 1 saturated carbocycles. The SMILES string of the molecule is NCC(NC(=O)Cn1c(=O)ccn(Cc2ccccc2)c1=O)C1CCCCC1. The molecule has 1 aromatic heterocycles. The van der Waals surface area contributed by atoms with Gasteiger partial charge in [-0.05, 0) is 24.3 Å². The van der Waals surface area contributed by atoms with E-state index in [4.69, 9.17) is 5.73 Å². The summed E-state index contributed by atoms with van der Waals surface area (Å²) in [7, 11) is 0. The quantitative estimate of drug-likeness (QED) is 0.746. The van der Waals surface area contributed by atoms with Crippen LogP contribution in [0.2, 0.25) is 0 Å². The third-order valence-electron chi connectivity index (χ3n) is 5.46. The van der Waals surface area contributed by atoms with Crippen molar-refractivity contribution in [3.63, 3.8) is 0 Å². The third kappa shape index (κ3) is 4.98. The highest BCUT2D eigenvalue weighted by molar-refractivity contribution is 5.76. The molecule has 1 heterocycles. The van der Waals surface area contributed by atoms with Crippen molar-refractivity contribution in [1.82, 2.24) is 14.5 Å². The van der Waals surface area contributed by atoms with Gasteiger partial charge in [0.1, 0.15) is 6.54 Å². The molecule has 150 valence electrons. The normalized spacial score (nSPS) is 15.9. The molecular weight excluding hydrogens is 356 g/mol. The van der Waals surface area contributed by atoms with E-state index in [1.807, 2.05) is 30.3 Å². The number of hydrogen-bond acceptors (Lipinski definition) is 4. The minimum Gasteiger partial charge on any atom is -0.350 e. The van der Waals surface area contributed by atoms with E-state index in [-0.39, 0.29) is 18.5 Å². The van der Waals surface area contributed by atoms with Crippen LogP contribution >= 0.6 is 0 Å². The summed E-state index contributed by atoms with van der Waals surface area (Å²) in [6, 6.07) is 10.7. The van der Waals surface area contributed by atoms with E-state index in [0.29, 0.717) is 19.0 Å². The Balaban J connectivity index is 1.72. The maximum Gasteiger partial charge on any atom is 0.331 e. The van der Waals surface area contributed by atoms with Crippen molar-refractivity contribution in [3.05, 3.63) is 69.0 Å². The Morgan fingerprint density at radius 3 is 2.50 bits per heavy atom. The fourth-order valence-corrected chi connectivity index (χ4v) is 3.90. The van der Waals surface area contributed by atoms with Crippen molar-refractivity contribution >= 4 is 5.91 Å². The molecule has 2 aromatic rings. The van der Waals surface area contributed by atoms with Crippen LogP contribution in [0.4, 0.5) is 0 Å². The molecule has 1 aliphatic carbocycles. The lowest BCUT2D eigenvalue weighted by atomic mass is 9.84. The molecule has 1 aromatic carbocycles. The summed E-state index contributed by atoms with van der Waals surface area (Å²) < 4.78 is 2.41. The highest BCUT2D eigenvalue weighted by Crippen LogP contribution is 2.26. The fourth-order valence-electron chi connectivity index (χ4n) is 3.90. The van der Waals surface area contributed by atoms with Gasteiger partial charge in [-0.15, -0.1) is 0 Å². The van der Waals surface area contributed by atoms with Crippen molar-refractivity contribution in [2.45, 2.75) is 51.2 Å². The highest BCUT2D eigenvalue weighted by Gasteiger charge is 2.24. The van der Waals surface area contributed by atoms with Gasteiger partial charge >= 0.3 is 5.69 Å². The summed E-state index contributed by atoms with van der Waals surface area (Å²) >= 11 is 0. The van der Waals surface area contributed by atoms with Gasteiger partial charge in [-0.3, -0.25) is 18.7 Å². The van der Waals surface area contributed by atoms with Gasteiger partial charge < -0.3 is 11.1 Å². The maximum absolute atomic E-state index is 12.7. The second kappa shape index (κ2) is 9.50. The summed E-state index contributed by atoms with van der Waals surface area (Å²) in [6.07, 6.45) is 7.10. The van der Waals surface area contributed by atoms with Gasteiger partial charge in [0, 0.05) is 24.8 Å². The molecule has 1 amide bonds. The van der Waals surface area contributed by atoms with Crippen LogP contribution in [0.5, 0.6) is 0 Å². The Morgan fingerprint density at radius 2 is 1.82 bits per heavy atom. The number of carbonyl (C=O) groups is 1. The largest absolute Gasteiger partial charge is 0.350 e. The number of rotatable bonds is 7. The second-order valence-electron chi connectivity index (χ2n) is 7.44. The number of carbonyl (C=O) groups excluding carboxylic acids is 1. The smallest absolute Gasteiger partial charge is 0.331 e. The zero-order chi connectivity index (χ0) is 19.9. The van der Waals surface area contributed by atoms with E-state index in [9.17, 15) is 14.4 Å². The number of benzene rings is 1. The van der Waals surface area contributed by atoms with Crippen LogP contribution in [-0.2, 0) is 17.9 Å². The molecule has 0 spiro atoms. The maximum atomic E-state index is 12.7. The molecule has 3 N–H and O–H groups in total. The lowest BCUT2D eigenvalue weighted by Gasteiger charge is -2.30. The molecule has 0 aliphatic heterocycles. The van der Waals surface area contributed by atoms with E-state index in [0.717, 1.165) is 35.8 Å². The molecule has 1 atom stereocenters. The Bertz CT molecular complexity index is 898.